The first kappa shape index (κ1) is 19.7. The lowest BCUT2D eigenvalue weighted by atomic mass is 10.0. The molecule has 3 heterocycles. The zero-order valence-electron chi connectivity index (χ0n) is 16.7. The van der Waals surface area contributed by atoms with Gasteiger partial charge in [-0.15, -0.1) is 0 Å². The lowest BCUT2D eigenvalue weighted by Gasteiger charge is -2.44. The molecule has 4 rings (SSSR count). The molecule has 1 atom stereocenters. The number of likely N-dealkylation sites (tertiary alicyclic amines) is 1. The predicted molar refractivity (Wildman–Crippen MR) is 111 cm³/mol. The Kier molecular flexibility index (Phi) is 5.90. The van der Waals surface area contributed by atoms with Crippen LogP contribution in [0.25, 0.3) is 0 Å². The zero-order valence-corrected chi connectivity index (χ0v) is 17.5. The molecule has 0 saturated carbocycles. The predicted octanol–water partition coefficient (Wildman–Crippen LogP) is 3.31. The van der Waals surface area contributed by atoms with Gasteiger partial charge in [-0.2, -0.15) is 5.10 Å². The van der Waals surface area contributed by atoms with E-state index in [1.54, 1.807) is 16.8 Å². The molecule has 0 amide bonds. The summed E-state index contributed by atoms with van der Waals surface area (Å²) in [6, 6.07) is 7.66. The Morgan fingerprint density at radius 2 is 1.89 bits per heavy atom. The van der Waals surface area contributed by atoms with Crippen LogP contribution in [-0.2, 0) is 13.6 Å². The molecule has 7 heteroatoms. The zero-order chi connectivity index (χ0) is 19.7. The van der Waals surface area contributed by atoms with Crippen LogP contribution in [0.5, 0.6) is 0 Å². The molecule has 2 fully saturated rings. The lowest BCUT2D eigenvalue weighted by Crippen LogP contribution is -2.55. The SMILES string of the molecule is Cc1nn(C)c(Cl)c1CN1CCC[C@H](N2CCN(c3ccccc3F)CC2)C1. The smallest absolute Gasteiger partial charge is 0.146 e. The highest BCUT2D eigenvalue weighted by atomic mass is 35.5. The van der Waals surface area contributed by atoms with Crippen LogP contribution in [0.1, 0.15) is 24.1 Å². The molecule has 28 heavy (non-hydrogen) atoms. The van der Waals surface area contributed by atoms with Gasteiger partial charge in [0.25, 0.3) is 0 Å². The number of piperazine rings is 1. The molecule has 0 N–H and O–H groups in total. The second-order valence-corrected chi connectivity index (χ2v) is 8.34. The van der Waals surface area contributed by atoms with Crippen molar-refractivity contribution >= 4 is 17.3 Å². The minimum absolute atomic E-state index is 0.122. The fourth-order valence-corrected chi connectivity index (χ4v) is 4.82. The van der Waals surface area contributed by atoms with Gasteiger partial charge in [0.15, 0.2) is 0 Å². The van der Waals surface area contributed by atoms with Crippen molar-refractivity contribution in [3.8, 4) is 0 Å². The molecule has 1 aromatic heterocycles. The van der Waals surface area contributed by atoms with Crippen molar-refractivity contribution in [2.24, 2.45) is 7.05 Å². The van der Waals surface area contributed by atoms with Crippen LogP contribution in [-0.4, -0.2) is 64.9 Å². The minimum Gasteiger partial charge on any atom is -0.367 e. The fourth-order valence-electron chi connectivity index (χ4n) is 4.59. The first-order chi connectivity index (χ1) is 13.5. The topological polar surface area (TPSA) is 27.5 Å². The Bertz CT molecular complexity index is 815. The number of para-hydroxylation sites is 1. The average molecular weight is 406 g/mol. The summed E-state index contributed by atoms with van der Waals surface area (Å²) in [4.78, 5) is 7.26. The summed E-state index contributed by atoms with van der Waals surface area (Å²) in [5.74, 6) is -0.122. The van der Waals surface area contributed by atoms with Gasteiger partial charge in [0.2, 0.25) is 0 Å². The monoisotopic (exact) mass is 405 g/mol. The standard InChI is InChI=1S/C21H29ClFN5/c1-16-18(21(22)25(2)24-16)15-26-9-5-6-17(14-26)27-10-12-28(13-11-27)20-8-4-3-7-19(20)23/h3-4,7-8,17H,5-6,9-15H2,1-2H3/t17-/m0/s1. The van der Waals surface area contributed by atoms with Crippen LogP contribution in [0.3, 0.4) is 0 Å². The third-order valence-electron chi connectivity index (χ3n) is 6.16. The van der Waals surface area contributed by atoms with Crippen molar-refractivity contribution in [1.82, 2.24) is 19.6 Å². The van der Waals surface area contributed by atoms with E-state index < -0.39 is 0 Å². The Hall–Kier alpha value is -1.63. The molecule has 5 nitrogen and oxygen atoms in total. The van der Waals surface area contributed by atoms with Gasteiger partial charge in [-0.1, -0.05) is 23.7 Å². The maximum atomic E-state index is 14.1. The summed E-state index contributed by atoms with van der Waals surface area (Å²) in [6.45, 7) is 8.80. The van der Waals surface area contributed by atoms with Crippen LogP contribution in [0.15, 0.2) is 24.3 Å². The van der Waals surface area contributed by atoms with Crippen LogP contribution >= 0.6 is 11.6 Å². The number of nitrogens with zero attached hydrogens (tertiary/aromatic N) is 5. The third-order valence-corrected chi connectivity index (χ3v) is 6.63. The number of aromatic nitrogens is 2. The van der Waals surface area contributed by atoms with Crippen molar-refractivity contribution < 1.29 is 4.39 Å². The van der Waals surface area contributed by atoms with E-state index in [2.05, 4.69) is 19.8 Å². The number of rotatable bonds is 4. The van der Waals surface area contributed by atoms with E-state index in [0.29, 0.717) is 6.04 Å². The molecule has 2 aromatic rings. The van der Waals surface area contributed by atoms with Crippen molar-refractivity contribution in [2.45, 2.75) is 32.4 Å². The van der Waals surface area contributed by atoms with E-state index in [4.69, 9.17) is 11.6 Å². The molecule has 0 spiro atoms. The van der Waals surface area contributed by atoms with Gasteiger partial charge >= 0.3 is 0 Å². The minimum atomic E-state index is -0.122. The summed E-state index contributed by atoms with van der Waals surface area (Å²) >= 11 is 6.43. The molecule has 0 aliphatic carbocycles. The van der Waals surface area contributed by atoms with Crippen LogP contribution in [0, 0.1) is 12.7 Å². The number of piperidine rings is 1. The maximum absolute atomic E-state index is 14.1. The maximum Gasteiger partial charge on any atom is 0.146 e. The van der Waals surface area contributed by atoms with Gasteiger partial charge in [0.1, 0.15) is 11.0 Å². The summed E-state index contributed by atoms with van der Waals surface area (Å²) < 4.78 is 15.8. The molecule has 2 saturated heterocycles. The largest absolute Gasteiger partial charge is 0.367 e. The van der Waals surface area contributed by atoms with Crippen molar-refractivity contribution in [2.75, 3.05) is 44.2 Å². The Labute approximate surface area is 171 Å². The van der Waals surface area contributed by atoms with E-state index in [1.807, 2.05) is 26.1 Å². The normalized spacial score (nSPS) is 22.0. The van der Waals surface area contributed by atoms with E-state index in [1.165, 1.54) is 12.8 Å². The fraction of sp³-hybridized carbons (Fsp3) is 0.571. The lowest BCUT2D eigenvalue weighted by molar-refractivity contribution is 0.0886. The molecule has 0 radical (unpaired) electrons. The van der Waals surface area contributed by atoms with Crippen LogP contribution in [0.2, 0.25) is 5.15 Å². The van der Waals surface area contributed by atoms with Gasteiger partial charge in [-0.05, 0) is 38.4 Å². The van der Waals surface area contributed by atoms with Gasteiger partial charge in [-0.3, -0.25) is 14.5 Å². The number of aryl methyl sites for hydroxylation is 2. The summed E-state index contributed by atoms with van der Waals surface area (Å²) in [7, 11) is 1.90. The average Bonchev–Trinajstić information content (AvgIpc) is 2.95. The van der Waals surface area contributed by atoms with Gasteiger partial charge < -0.3 is 4.90 Å². The number of halogens is 2. The molecule has 0 unspecified atom stereocenters. The van der Waals surface area contributed by atoms with Gasteiger partial charge in [-0.25, -0.2) is 4.39 Å². The van der Waals surface area contributed by atoms with E-state index in [-0.39, 0.29) is 5.82 Å². The molecule has 1 aromatic carbocycles. The highest BCUT2D eigenvalue weighted by Gasteiger charge is 2.29. The second-order valence-electron chi connectivity index (χ2n) is 7.98. The number of anilines is 1. The van der Waals surface area contributed by atoms with Crippen molar-refractivity contribution in [3.05, 3.63) is 46.5 Å². The first-order valence-electron chi connectivity index (χ1n) is 10.2. The Balaban J connectivity index is 1.35. The number of hydrogen-bond donors (Lipinski definition) is 0. The summed E-state index contributed by atoms with van der Waals surface area (Å²) in [5, 5.41) is 5.19. The molecule has 2 aliphatic heterocycles. The second kappa shape index (κ2) is 8.39. The Morgan fingerprint density at radius 3 is 2.57 bits per heavy atom. The summed E-state index contributed by atoms with van der Waals surface area (Å²) in [6.07, 6.45) is 2.44. The van der Waals surface area contributed by atoms with Crippen molar-refractivity contribution in [3.63, 3.8) is 0 Å². The third kappa shape index (κ3) is 4.04. The highest BCUT2D eigenvalue weighted by molar-refractivity contribution is 6.30. The first-order valence-corrected chi connectivity index (χ1v) is 10.5. The van der Waals surface area contributed by atoms with Crippen LogP contribution < -0.4 is 4.90 Å². The quantitative estimate of drug-likeness (QED) is 0.780. The van der Waals surface area contributed by atoms with E-state index in [9.17, 15) is 4.39 Å². The number of hydrogen-bond acceptors (Lipinski definition) is 4. The van der Waals surface area contributed by atoms with Crippen LogP contribution in [0.4, 0.5) is 10.1 Å². The highest BCUT2D eigenvalue weighted by Crippen LogP contribution is 2.25. The molecule has 2 aliphatic rings. The molecule has 0 bridgehead atoms. The van der Waals surface area contributed by atoms with E-state index >= 15 is 0 Å². The molecular weight excluding hydrogens is 377 g/mol. The van der Waals surface area contributed by atoms with Crippen molar-refractivity contribution in [1.29, 1.82) is 0 Å². The molecular formula is C21H29ClFN5. The summed E-state index contributed by atoms with van der Waals surface area (Å²) in [5.41, 5.74) is 2.90. The van der Waals surface area contributed by atoms with Gasteiger partial charge in [0, 0.05) is 57.9 Å². The Morgan fingerprint density at radius 1 is 1.14 bits per heavy atom. The number of benzene rings is 1. The van der Waals surface area contributed by atoms with E-state index in [0.717, 1.165) is 67.9 Å². The molecule has 152 valence electrons. The van der Waals surface area contributed by atoms with Gasteiger partial charge in [0.05, 0.1) is 11.4 Å².